The lowest BCUT2D eigenvalue weighted by molar-refractivity contribution is 0.166. The summed E-state index contributed by atoms with van der Waals surface area (Å²) in [6.45, 7) is 1.00. The average molecular weight is 318 g/mol. The Balaban J connectivity index is 0.00000144. The van der Waals surface area contributed by atoms with E-state index in [2.05, 4.69) is 46.5 Å². The van der Waals surface area contributed by atoms with Crippen molar-refractivity contribution in [1.29, 1.82) is 0 Å². The van der Waals surface area contributed by atoms with Crippen molar-refractivity contribution in [3.05, 3.63) is 42.1 Å². The molecule has 2 aliphatic heterocycles. The van der Waals surface area contributed by atoms with Crippen LogP contribution in [0.1, 0.15) is 31.2 Å². The van der Waals surface area contributed by atoms with Crippen LogP contribution in [0.15, 0.2) is 36.5 Å². The van der Waals surface area contributed by atoms with E-state index in [0.29, 0.717) is 0 Å². The van der Waals surface area contributed by atoms with Crippen LogP contribution >= 0.6 is 12.4 Å². The first-order chi connectivity index (χ1) is 10.3. The topological polar surface area (TPSA) is 28.2 Å². The molecule has 0 amide bonds. The van der Waals surface area contributed by atoms with Gasteiger partial charge in [0.05, 0.1) is 5.52 Å². The molecule has 3 nitrogen and oxygen atoms in total. The van der Waals surface area contributed by atoms with Gasteiger partial charge < -0.3 is 5.32 Å². The summed E-state index contributed by atoms with van der Waals surface area (Å²) in [5.41, 5.74) is 2.41. The van der Waals surface area contributed by atoms with E-state index in [1.165, 1.54) is 36.6 Å². The number of fused-ring (bicyclic) bond motifs is 3. The van der Waals surface area contributed by atoms with E-state index in [1.54, 1.807) is 0 Å². The van der Waals surface area contributed by atoms with Gasteiger partial charge in [-0.3, -0.25) is 9.88 Å². The second-order valence-corrected chi connectivity index (χ2v) is 6.71. The van der Waals surface area contributed by atoms with Crippen molar-refractivity contribution in [2.24, 2.45) is 0 Å². The number of rotatable bonds is 3. The molecule has 2 saturated heterocycles. The minimum absolute atomic E-state index is 0. The number of hydrogen-bond acceptors (Lipinski definition) is 3. The van der Waals surface area contributed by atoms with Gasteiger partial charge in [0.15, 0.2) is 0 Å². The van der Waals surface area contributed by atoms with E-state index in [4.69, 9.17) is 0 Å². The second-order valence-electron chi connectivity index (χ2n) is 6.71. The molecule has 2 fully saturated rings. The quantitative estimate of drug-likeness (QED) is 0.940. The van der Waals surface area contributed by atoms with Crippen LogP contribution in [-0.4, -0.2) is 35.1 Å². The van der Waals surface area contributed by atoms with Crippen LogP contribution in [0.4, 0.5) is 0 Å². The number of para-hydroxylation sites is 1. The molecular formula is C18H24ClN3. The highest BCUT2D eigenvalue weighted by atomic mass is 35.5. The maximum absolute atomic E-state index is 4.58. The number of halogens is 1. The molecule has 0 aliphatic carbocycles. The molecular weight excluding hydrogens is 294 g/mol. The highest BCUT2D eigenvalue weighted by Crippen LogP contribution is 2.29. The van der Waals surface area contributed by atoms with Crippen LogP contribution in [0.5, 0.6) is 0 Å². The maximum atomic E-state index is 4.58. The van der Waals surface area contributed by atoms with Gasteiger partial charge in [-0.25, -0.2) is 0 Å². The molecule has 118 valence electrons. The molecule has 0 saturated carbocycles. The Morgan fingerprint density at radius 1 is 1.18 bits per heavy atom. The smallest absolute Gasteiger partial charge is 0.0702 e. The Hall–Kier alpha value is -1.16. The first-order valence-electron chi connectivity index (χ1n) is 8.08. The monoisotopic (exact) mass is 317 g/mol. The summed E-state index contributed by atoms with van der Waals surface area (Å²) in [6, 6.07) is 12.9. The number of hydrogen-bond donors (Lipinski definition) is 1. The van der Waals surface area contributed by atoms with E-state index in [0.717, 1.165) is 30.2 Å². The maximum Gasteiger partial charge on any atom is 0.0702 e. The lowest BCUT2D eigenvalue weighted by atomic mass is 9.98. The lowest BCUT2D eigenvalue weighted by Gasteiger charge is -2.35. The fourth-order valence-corrected chi connectivity index (χ4v) is 4.01. The average Bonchev–Trinajstić information content (AvgIpc) is 2.85. The van der Waals surface area contributed by atoms with Crippen LogP contribution in [0.2, 0.25) is 0 Å². The molecule has 1 aromatic carbocycles. The largest absolute Gasteiger partial charge is 0.311 e. The zero-order valence-corrected chi connectivity index (χ0v) is 13.9. The van der Waals surface area contributed by atoms with E-state index >= 15 is 0 Å². The summed E-state index contributed by atoms with van der Waals surface area (Å²) in [5, 5.41) is 4.97. The molecule has 2 atom stereocenters. The third-order valence-electron chi connectivity index (χ3n) is 5.15. The van der Waals surface area contributed by atoms with E-state index in [9.17, 15) is 0 Å². The van der Waals surface area contributed by atoms with Gasteiger partial charge in [-0.2, -0.15) is 0 Å². The molecule has 2 aliphatic rings. The van der Waals surface area contributed by atoms with Gasteiger partial charge in [-0.05, 0) is 50.4 Å². The van der Waals surface area contributed by atoms with E-state index in [-0.39, 0.29) is 12.4 Å². The van der Waals surface area contributed by atoms with Crippen molar-refractivity contribution < 1.29 is 0 Å². The molecule has 4 heteroatoms. The second kappa shape index (κ2) is 6.53. The Kier molecular flexibility index (Phi) is 4.67. The zero-order valence-electron chi connectivity index (χ0n) is 13.0. The SMILES string of the molecule is CN(Cc1cnc2ccccc2c1)C1CC2CCC(C1)N2.Cl. The number of benzene rings is 1. The number of nitrogens with zero attached hydrogens (tertiary/aromatic N) is 2. The van der Waals surface area contributed by atoms with E-state index < -0.39 is 0 Å². The summed E-state index contributed by atoms with van der Waals surface area (Å²) >= 11 is 0. The summed E-state index contributed by atoms with van der Waals surface area (Å²) < 4.78 is 0. The predicted molar refractivity (Wildman–Crippen MR) is 93.4 cm³/mol. The summed E-state index contributed by atoms with van der Waals surface area (Å²) in [4.78, 5) is 7.11. The Labute approximate surface area is 138 Å². The highest BCUT2D eigenvalue weighted by molar-refractivity contribution is 5.85. The molecule has 4 rings (SSSR count). The Morgan fingerprint density at radius 2 is 1.91 bits per heavy atom. The van der Waals surface area contributed by atoms with Gasteiger partial charge in [-0.1, -0.05) is 18.2 Å². The van der Waals surface area contributed by atoms with Crippen molar-refractivity contribution in [2.45, 2.75) is 50.4 Å². The van der Waals surface area contributed by atoms with E-state index in [1.807, 2.05) is 12.3 Å². The first-order valence-corrected chi connectivity index (χ1v) is 8.08. The van der Waals surface area contributed by atoms with Gasteiger partial charge in [0.2, 0.25) is 0 Å². The molecule has 2 unspecified atom stereocenters. The van der Waals surface area contributed by atoms with Gasteiger partial charge in [-0.15, -0.1) is 12.4 Å². The first kappa shape index (κ1) is 15.7. The summed E-state index contributed by atoms with van der Waals surface area (Å²) in [7, 11) is 2.27. The van der Waals surface area contributed by atoms with Gasteiger partial charge in [0, 0.05) is 36.3 Å². The molecule has 22 heavy (non-hydrogen) atoms. The molecule has 2 bridgehead atoms. The molecule has 3 heterocycles. The minimum atomic E-state index is 0. The normalized spacial score (nSPS) is 27.1. The summed E-state index contributed by atoms with van der Waals surface area (Å²) in [5.74, 6) is 0. The fraction of sp³-hybridized carbons (Fsp3) is 0.500. The minimum Gasteiger partial charge on any atom is -0.311 e. The third kappa shape index (κ3) is 3.12. The van der Waals surface area contributed by atoms with Crippen molar-refractivity contribution in [2.75, 3.05) is 7.05 Å². The Bertz CT molecular complexity index is 633. The van der Waals surface area contributed by atoms with Crippen molar-refractivity contribution in [1.82, 2.24) is 15.2 Å². The highest BCUT2D eigenvalue weighted by Gasteiger charge is 2.34. The molecule has 1 N–H and O–H groups in total. The van der Waals surface area contributed by atoms with Crippen molar-refractivity contribution in [3.63, 3.8) is 0 Å². The summed E-state index contributed by atoms with van der Waals surface area (Å²) in [6.07, 6.45) is 7.37. The molecule has 0 spiro atoms. The van der Waals surface area contributed by atoms with Crippen LogP contribution < -0.4 is 5.32 Å². The Morgan fingerprint density at radius 3 is 2.68 bits per heavy atom. The molecule has 2 aromatic rings. The zero-order chi connectivity index (χ0) is 14.2. The lowest BCUT2D eigenvalue weighted by Crippen LogP contribution is -2.46. The number of aromatic nitrogens is 1. The van der Waals surface area contributed by atoms with Crippen molar-refractivity contribution in [3.8, 4) is 0 Å². The van der Waals surface area contributed by atoms with Gasteiger partial charge in [0.25, 0.3) is 0 Å². The van der Waals surface area contributed by atoms with Crippen LogP contribution in [0, 0.1) is 0 Å². The third-order valence-corrected chi connectivity index (χ3v) is 5.15. The van der Waals surface area contributed by atoms with Crippen LogP contribution in [0.25, 0.3) is 10.9 Å². The van der Waals surface area contributed by atoms with Crippen LogP contribution in [-0.2, 0) is 6.54 Å². The fourth-order valence-electron chi connectivity index (χ4n) is 4.01. The van der Waals surface area contributed by atoms with Gasteiger partial charge >= 0.3 is 0 Å². The number of pyridine rings is 1. The van der Waals surface area contributed by atoms with Gasteiger partial charge in [0.1, 0.15) is 0 Å². The molecule has 1 aromatic heterocycles. The van der Waals surface area contributed by atoms with Crippen molar-refractivity contribution >= 4 is 23.3 Å². The predicted octanol–water partition coefficient (Wildman–Crippen LogP) is 3.37. The molecule has 0 radical (unpaired) electrons. The number of piperidine rings is 1. The standard InChI is InChI=1S/C18H23N3.ClH/c1-21(17-9-15-6-7-16(10-17)20-15)12-13-8-14-4-2-3-5-18(14)19-11-13;/h2-5,8,11,15-17,20H,6-7,9-10,12H2,1H3;1H. The van der Waals surface area contributed by atoms with Crippen LogP contribution in [0.3, 0.4) is 0 Å². The number of nitrogens with one attached hydrogen (secondary N) is 1.